The average molecular weight is 425 g/mol. The molecule has 8 heteroatoms. The Kier molecular flexibility index (Phi) is 5.86. The van der Waals surface area contributed by atoms with Crippen LogP contribution in [0.1, 0.15) is 24.0 Å². The van der Waals surface area contributed by atoms with Gasteiger partial charge in [0.2, 0.25) is 15.7 Å². The Balaban J connectivity index is 1.36. The number of amides is 1. The minimum atomic E-state index is -3.65. The van der Waals surface area contributed by atoms with Crippen molar-refractivity contribution in [3.8, 4) is 6.07 Å². The van der Waals surface area contributed by atoms with Gasteiger partial charge in [-0.25, -0.2) is 8.42 Å². The third-order valence-electron chi connectivity index (χ3n) is 5.87. The van der Waals surface area contributed by atoms with Gasteiger partial charge in [0.05, 0.1) is 27.5 Å². The van der Waals surface area contributed by atoms with Gasteiger partial charge in [0.1, 0.15) is 0 Å². The molecule has 0 radical (unpaired) electrons. The first-order chi connectivity index (χ1) is 14.5. The van der Waals surface area contributed by atoms with Crippen molar-refractivity contribution in [3.63, 3.8) is 0 Å². The van der Waals surface area contributed by atoms with Crippen molar-refractivity contribution in [2.45, 2.75) is 41.3 Å². The topological polar surface area (TPSA) is 111 Å². The highest BCUT2D eigenvalue weighted by atomic mass is 32.2. The highest BCUT2D eigenvalue weighted by Crippen LogP contribution is 2.25. The monoisotopic (exact) mass is 424 g/mol. The third kappa shape index (κ3) is 4.24. The minimum Gasteiger partial charge on any atom is -0.351 e. The van der Waals surface area contributed by atoms with Gasteiger partial charge in [-0.15, -0.1) is 0 Å². The number of carbonyl (C=O) groups is 1. The lowest BCUT2D eigenvalue weighted by Gasteiger charge is -2.25. The molecule has 2 aliphatic heterocycles. The maximum atomic E-state index is 12.7. The molecule has 0 aromatic heterocycles. The van der Waals surface area contributed by atoms with E-state index < -0.39 is 9.84 Å². The number of rotatable bonds is 5. The summed E-state index contributed by atoms with van der Waals surface area (Å²) < 4.78 is 25.5. The van der Waals surface area contributed by atoms with Crippen LogP contribution < -0.4 is 16.0 Å². The number of nitrogens with zero attached hydrogens (tertiary/aromatic N) is 1. The number of fused-ring (bicyclic) bond motifs is 1. The highest BCUT2D eigenvalue weighted by molar-refractivity contribution is 7.91. The second kappa shape index (κ2) is 8.56. The fraction of sp³-hybridized carbons (Fsp3) is 0.364. The molecule has 2 aromatic carbocycles. The SMILES string of the molecule is N#Cc1ccc(S(=O)(=O)c2ccc(CNC(=O)C3CC4CNCCC4N3)cc2)cc1. The fourth-order valence-electron chi connectivity index (χ4n) is 4.15. The molecule has 0 spiro atoms. The molecule has 30 heavy (non-hydrogen) atoms. The standard InChI is InChI=1S/C22H24N4O3S/c23-12-15-1-5-18(6-2-15)30(28,29)19-7-3-16(4-8-19)13-25-22(27)21-11-17-14-24-10-9-20(17)26-21/h1-8,17,20-21,24,26H,9-11,13-14H2,(H,25,27). The van der Waals surface area contributed by atoms with Gasteiger partial charge in [0.25, 0.3) is 0 Å². The van der Waals surface area contributed by atoms with Crippen LogP contribution in [0, 0.1) is 17.2 Å². The second-order valence-electron chi connectivity index (χ2n) is 7.82. The average Bonchev–Trinajstić information content (AvgIpc) is 3.22. The molecule has 0 saturated carbocycles. The van der Waals surface area contributed by atoms with E-state index in [-0.39, 0.29) is 21.7 Å². The van der Waals surface area contributed by atoms with Gasteiger partial charge >= 0.3 is 0 Å². The normalized spacial score (nSPS) is 23.4. The number of carbonyl (C=O) groups excluding carboxylic acids is 1. The van der Waals surface area contributed by atoms with E-state index in [2.05, 4.69) is 16.0 Å². The van der Waals surface area contributed by atoms with Crippen LogP contribution in [0.15, 0.2) is 58.3 Å². The zero-order valence-corrected chi connectivity index (χ0v) is 17.3. The summed E-state index contributed by atoms with van der Waals surface area (Å²) in [5, 5.41) is 18.6. The molecule has 2 heterocycles. The molecule has 1 amide bonds. The Morgan fingerprint density at radius 3 is 2.40 bits per heavy atom. The largest absolute Gasteiger partial charge is 0.351 e. The summed E-state index contributed by atoms with van der Waals surface area (Å²) in [6, 6.07) is 14.6. The van der Waals surface area contributed by atoms with E-state index >= 15 is 0 Å². The van der Waals surface area contributed by atoms with E-state index in [1.807, 2.05) is 6.07 Å². The first-order valence-electron chi connectivity index (χ1n) is 10.1. The molecule has 7 nitrogen and oxygen atoms in total. The van der Waals surface area contributed by atoms with E-state index in [1.54, 1.807) is 24.3 Å². The summed E-state index contributed by atoms with van der Waals surface area (Å²) >= 11 is 0. The number of nitriles is 1. The smallest absolute Gasteiger partial charge is 0.237 e. The van der Waals surface area contributed by atoms with Gasteiger partial charge < -0.3 is 16.0 Å². The summed E-state index contributed by atoms with van der Waals surface area (Å²) in [4.78, 5) is 12.8. The van der Waals surface area contributed by atoms with Gasteiger partial charge in [-0.3, -0.25) is 4.79 Å². The van der Waals surface area contributed by atoms with E-state index in [4.69, 9.17) is 5.26 Å². The Labute approximate surface area is 176 Å². The molecule has 0 aliphatic carbocycles. The van der Waals surface area contributed by atoms with Crippen molar-refractivity contribution >= 4 is 15.7 Å². The van der Waals surface area contributed by atoms with Gasteiger partial charge in [0.15, 0.2) is 0 Å². The van der Waals surface area contributed by atoms with E-state index in [1.165, 1.54) is 24.3 Å². The molecule has 2 saturated heterocycles. The number of hydrogen-bond donors (Lipinski definition) is 3. The van der Waals surface area contributed by atoms with E-state index in [0.717, 1.165) is 31.5 Å². The van der Waals surface area contributed by atoms with Crippen molar-refractivity contribution in [1.82, 2.24) is 16.0 Å². The molecule has 3 N–H and O–H groups in total. The molecule has 3 atom stereocenters. The Morgan fingerprint density at radius 1 is 1.10 bits per heavy atom. The van der Waals surface area contributed by atoms with Crippen LogP contribution in [0.4, 0.5) is 0 Å². The second-order valence-corrected chi connectivity index (χ2v) is 9.77. The van der Waals surface area contributed by atoms with Crippen LogP contribution in [0.2, 0.25) is 0 Å². The Bertz CT molecular complexity index is 1050. The molecule has 2 fully saturated rings. The Morgan fingerprint density at radius 2 is 1.77 bits per heavy atom. The molecule has 2 aromatic rings. The lowest BCUT2D eigenvalue weighted by molar-refractivity contribution is -0.123. The molecule has 0 bridgehead atoms. The summed E-state index contributed by atoms with van der Waals surface area (Å²) in [5.74, 6) is 0.486. The molecule has 4 rings (SSSR count). The predicted octanol–water partition coefficient (Wildman–Crippen LogP) is 1.35. The zero-order chi connectivity index (χ0) is 21.1. The van der Waals surface area contributed by atoms with E-state index in [0.29, 0.717) is 24.1 Å². The number of benzene rings is 2. The van der Waals surface area contributed by atoms with Crippen molar-refractivity contribution in [3.05, 3.63) is 59.7 Å². The number of sulfone groups is 1. The fourth-order valence-corrected chi connectivity index (χ4v) is 5.41. The van der Waals surface area contributed by atoms with Gasteiger partial charge in [0, 0.05) is 12.6 Å². The number of hydrogen-bond acceptors (Lipinski definition) is 6. The van der Waals surface area contributed by atoms with Gasteiger partial charge in [-0.05, 0) is 73.8 Å². The lowest BCUT2D eigenvalue weighted by Crippen LogP contribution is -2.45. The summed E-state index contributed by atoms with van der Waals surface area (Å²) in [7, 11) is -3.65. The maximum Gasteiger partial charge on any atom is 0.237 e. The van der Waals surface area contributed by atoms with Crippen molar-refractivity contribution in [1.29, 1.82) is 5.26 Å². The quantitative estimate of drug-likeness (QED) is 0.668. The molecular weight excluding hydrogens is 400 g/mol. The van der Waals surface area contributed by atoms with Gasteiger partial charge in [-0.2, -0.15) is 5.26 Å². The highest BCUT2D eigenvalue weighted by Gasteiger charge is 2.38. The van der Waals surface area contributed by atoms with Crippen LogP contribution in [0.3, 0.4) is 0 Å². The molecular formula is C22H24N4O3S. The van der Waals surface area contributed by atoms with Crippen LogP contribution in [-0.2, 0) is 21.2 Å². The summed E-state index contributed by atoms with van der Waals surface area (Å²) in [5.41, 5.74) is 1.24. The predicted molar refractivity (Wildman–Crippen MR) is 111 cm³/mol. The van der Waals surface area contributed by atoms with Crippen molar-refractivity contribution in [2.24, 2.45) is 5.92 Å². The van der Waals surface area contributed by atoms with Crippen molar-refractivity contribution in [2.75, 3.05) is 13.1 Å². The third-order valence-corrected chi connectivity index (χ3v) is 7.66. The Hall–Kier alpha value is -2.73. The summed E-state index contributed by atoms with van der Waals surface area (Å²) in [6.45, 7) is 2.29. The maximum absolute atomic E-state index is 12.7. The van der Waals surface area contributed by atoms with Crippen LogP contribution in [0.25, 0.3) is 0 Å². The summed E-state index contributed by atoms with van der Waals surface area (Å²) in [6.07, 6.45) is 1.88. The first kappa shape index (κ1) is 20.5. The van der Waals surface area contributed by atoms with Crippen LogP contribution in [-0.4, -0.2) is 39.5 Å². The zero-order valence-electron chi connectivity index (χ0n) is 16.5. The van der Waals surface area contributed by atoms with Gasteiger partial charge in [-0.1, -0.05) is 12.1 Å². The van der Waals surface area contributed by atoms with Crippen molar-refractivity contribution < 1.29 is 13.2 Å². The van der Waals surface area contributed by atoms with E-state index in [9.17, 15) is 13.2 Å². The first-order valence-corrected chi connectivity index (χ1v) is 11.5. The number of nitrogens with one attached hydrogen (secondary N) is 3. The molecule has 3 unspecified atom stereocenters. The number of piperidine rings is 1. The minimum absolute atomic E-state index is 0.0151. The van der Waals surface area contributed by atoms with Crippen LogP contribution in [0.5, 0.6) is 0 Å². The lowest BCUT2D eigenvalue weighted by atomic mass is 9.94. The molecule has 156 valence electrons. The molecule has 2 aliphatic rings. The van der Waals surface area contributed by atoms with Crippen LogP contribution >= 0.6 is 0 Å².